The zero-order valence-electron chi connectivity index (χ0n) is 32.1. The van der Waals surface area contributed by atoms with Crippen molar-refractivity contribution in [3.63, 3.8) is 0 Å². The molecular weight excluding hydrogens is 689 g/mol. The second-order valence-corrected chi connectivity index (χ2v) is 13.5. The third-order valence-corrected chi connectivity index (χ3v) is 3.63. The Morgan fingerprint density at radius 3 is 0.660 bits per heavy atom. The number of carbonyl (C=O) groups excluding carboxylic acids is 4. The highest BCUT2D eigenvalue weighted by Gasteiger charge is 1.90. The first-order chi connectivity index (χ1) is 20.9. The summed E-state index contributed by atoms with van der Waals surface area (Å²) in [6.45, 7) is 9.67. The Balaban J connectivity index is -0.0000000407. The number of ether oxygens (including phenoxy) is 3. The minimum Gasteiger partial charge on any atom is -0.469 e. The van der Waals surface area contributed by atoms with Gasteiger partial charge in [0.1, 0.15) is 9.84 Å². The van der Waals surface area contributed by atoms with Crippen molar-refractivity contribution in [3.05, 3.63) is 12.2 Å². The normalized spacial score (nSPS) is 8.68. The first kappa shape index (κ1) is 70.6. The lowest BCUT2D eigenvalue weighted by Gasteiger charge is -1.85. The fourth-order valence-electron chi connectivity index (χ4n) is 0. The minimum absolute atomic E-state index is 0.00463. The van der Waals surface area contributed by atoms with Crippen molar-refractivity contribution in [1.29, 1.82) is 0 Å². The van der Waals surface area contributed by atoms with Crippen molar-refractivity contribution in [1.82, 2.24) is 20.7 Å². The molecule has 0 aromatic carbocycles. The molecule has 0 bridgehead atoms. The van der Waals surface area contributed by atoms with Crippen LogP contribution in [0.15, 0.2) is 12.2 Å². The number of hydrogen-bond acceptors (Lipinski definition) is 15. The summed E-state index contributed by atoms with van der Waals surface area (Å²) in [7, 11) is 6.65. The number of esters is 2. The van der Waals surface area contributed by atoms with Crippen LogP contribution in [0, 0.1) is 0 Å². The fourth-order valence-corrected chi connectivity index (χ4v) is 0. The Morgan fingerprint density at radius 1 is 0.553 bits per heavy atom. The lowest BCUT2D eigenvalue weighted by molar-refractivity contribution is -0.138. The van der Waals surface area contributed by atoms with Gasteiger partial charge in [-0.25, -0.2) is 21.6 Å². The monoisotopic (exact) mass is 754 g/mol. The molecule has 0 rings (SSSR count). The molecule has 0 heterocycles. The lowest BCUT2D eigenvalue weighted by Crippen LogP contribution is -2.15. The van der Waals surface area contributed by atoms with Gasteiger partial charge < -0.3 is 30.2 Å². The van der Waals surface area contributed by atoms with E-state index < -0.39 is 30.0 Å². The van der Waals surface area contributed by atoms with Crippen LogP contribution in [0.25, 0.3) is 0 Å². The number of sulfonamides is 1. The number of nitrogens with one attached hydrogen (secondary N) is 4. The fraction of sp³-hybridized carbons (Fsp3) is 0.769. The Morgan fingerprint density at radius 2 is 0.660 bits per heavy atom. The van der Waals surface area contributed by atoms with Gasteiger partial charge in [-0.1, -0.05) is 12.2 Å². The van der Waals surface area contributed by atoms with Crippen molar-refractivity contribution in [2.75, 3.05) is 95.8 Å². The smallest absolute Gasteiger partial charge is 0.302 e. The molecule has 2 amide bonds. The Kier molecular flexibility index (Phi) is 83.7. The van der Waals surface area contributed by atoms with E-state index in [0.717, 1.165) is 32.1 Å². The molecule has 292 valence electrons. The molecule has 4 N–H and O–H groups in total. The molecule has 0 aliphatic heterocycles. The van der Waals surface area contributed by atoms with Crippen molar-refractivity contribution in [3.8, 4) is 0 Å². The van der Waals surface area contributed by atoms with Crippen molar-refractivity contribution >= 4 is 53.7 Å². The maximum atomic E-state index is 9.89. The molecule has 0 fully saturated rings. The predicted octanol–water partition coefficient (Wildman–Crippen LogP) is -0.0376. The van der Waals surface area contributed by atoms with E-state index in [9.17, 15) is 44.4 Å². The van der Waals surface area contributed by atoms with E-state index in [2.05, 4.69) is 39.1 Å². The summed E-state index contributed by atoms with van der Waals surface area (Å²) in [4.78, 5) is 38.6. The molecule has 0 atom stereocenters. The van der Waals surface area contributed by atoms with Crippen LogP contribution >= 0.6 is 0 Å². The molecule has 0 radical (unpaired) electrons. The first-order valence-corrected chi connectivity index (χ1v) is 18.8. The third kappa shape index (κ3) is 488. The van der Waals surface area contributed by atoms with E-state index in [1.165, 1.54) is 49.0 Å². The Bertz CT molecular complexity index is 915. The summed E-state index contributed by atoms with van der Waals surface area (Å²) in [5.41, 5.74) is 0. The molecule has 47 heavy (non-hydrogen) atoms. The zero-order valence-corrected chi connectivity index (χ0v) is 34.5. The van der Waals surface area contributed by atoms with Crippen molar-refractivity contribution in [2.24, 2.45) is 0 Å². The van der Waals surface area contributed by atoms with E-state index in [1.807, 2.05) is 40.1 Å². The summed E-state index contributed by atoms with van der Waals surface area (Å²) < 4.78 is 77.1. The second kappa shape index (κ2) is 55.7. The summed E-state index contributed by atoms with van der Waals surface area (Å²) in [6.07, 6.45) is 8.42. The van der Waals surface area contributed by atoms with Crippen LogP contribution in [0.1, 0.15) is 41.5 Å². The van der Waals surface area contributed by atoms with Gasteiger partial charge in [0.15, 0.2) is 0 Å². The van der Waals surface area contributed by atoms with Gasteiger partial charge in [-0.3, -0.25) is 23.4 Å². The first-order valence-electron chi connectivity index (χ1n) is 12.8. The maximum Gasteiger partial charge on any atom is 0.302 e. The molecule has 0 saturated heterocycles. The molecule has 0 spiro atoms. The molecule has 18 nitrogen and oxygen atoms in total. The second-order valence-electron chi connectivity index (χ2n) is 7.57. The van der Waals surface area contributed by atoms with Crippen LogP contribution in [-0.4, -0.2) is 145 Å². The SMILES string of the molecule is C/C=C\C.CNC.CNC(C)=O.CNC(C)=O.CNS(C)(=O)=O.COC.COC(C)=O.COC(C)=O.COS(C)(=O)=O.CS(C)(=O)=O. The summed E-state index contributed by atoms with van der Waals surface area (Å²) in [6, 6.07) is 0. The molecule has 0 aromatic heterocycles. The van der Waals surface area contributed by atoms with E-state index in [0.29, 0.717) is 0 Å². The van der Waals surface area contributed by atoms with Gasteiger partial charge in [-0.05, 0) is 35.0 Å². The number of amides is 2. The topological polar surface area (TPSA) is 256 Å². The van der Waals surface area contributed by atoms with Gasteiger partial charge >= 0.3 is 11.9 Å². The van der Waals surface area contributed by atoms with Gasteiger partial charge in [-0.15, -0.1) is 0 Å². The van der Waals surface area contributed by atoms with Gasteiger partial charge in [0.05, 0.1) is 33.8 Å². The molecule has 0 aromatic rings. The van der Waals surface area contributed by atoms with Crippen molar-refractivity contribution < 1.29 is 62.8 Å². The Labute approximate surface area is 286 Å². The zero-order chi connectivity index (χ0) is 40.9. The number of rotatable bonds is 2. The Hall–Kier alpha value is -2.69. The number of methoxy groups -OCH3 is 3. The van der Waals surface area contributed by atoms with Crippen LogP contribution in [-0.2, 0) is 67.6 Å². The highest BCUT2D eigenvalue weighted by atomic mass is 32.2. The van der Waals surface area contributed by atoms with Crippen LogP contribution < -0.4 is 20.7 Å². The molecule has 0 aliphatic carbocycles. The number of hydrogen-bond donors (Lipinski definition) is 4. The largest absolute Gasteiger partial charge is 0.469 e. The molecule has 0 aliphatic rings. The summed E-state index contributed by atoms with van der Waals surface area (Å²) >= 11 is 0. The average molecular weight is 755 g/mol. The summed E-state index contributed by atoms with van der Waals surface area (Å²) in [5, 5.41) is 7.53. The molecule has 21 heteroatoms. The molecular formula is C26H66N4O14S3. The van der Waals surface area contributed by atoms with Crippen LogP contribution in [0.5, 0.6) is 0 Å². The summed E-state index contributed by atoms with van der Waals surface area (Å²) in [5.74, 6) is -0.481. The van der Waals surface area contributed by atoms with E-state index in [-0.39, 0.29) is 23.8 Å². The predicted molar refractivity (Wildman–Crippen MR) is 190 cm³/mol. The van der Waals surface area contributed by atoms with Gasteiger partial charge in [0.25, 0.3) is 10.1 Å². The maximum absolute atomic E-state index is 9.89. The van der Waals surface area contributed by atoms with Crippen LogP contribution in [0.4, 0.5) is 0 Å². The van der Waals surface area contributed by atoms with Gasteiger partial charge in [0, 0.05) is 68.5 Å². The quantitative estimate of drug-likeness (QED) is 0.164. The standard InChI is InChI=1S/C4H8.2C3H7NO.2C3H6O2.C2H7NO2S.C2H7N.C2H6O3S.C2H6O2S.C2H6O/c1-3-4-2;2*1-3(5)4-2;2*1-3(4)5-2;1-3-6(2,4)5;1-3-2;1-5-6(2,3)4;1-5(2,3)4;1-3-2/h3-4H,1-2H3;2*1-2H3,(H,4,5);2*1-2H3;3H,1-2H3;3H,1-2H3;1-2H3;1-2H3;1-2H3/b4-3-;;;;;;;;;. The number of allylic oxidation sites excluding steroid dienone is 2. The number of carbonyl (C=O) groups is 4. The van der Waals surface area contributed by atoms with Crippen LogP contribution in [0.3, 0.4) is 0 Å². The molecule has 0 saturated carbocycles. The number of sulfone groups is 1. The van der Waals surface area contributed by atoms with Crippen molar-refractivity contribution in [2.45, 2.75) is 41.5 Å². The van der Waals surface area contributed by atoms with E-state index >= 15 is 0 Å². The van der Waals surface area contributed by atoms with E-state index in [4.69, 9.17) is 0 Å². The van der Waals surface area contributed by atoms with Crippen LogP contribution in [0.2, 0.25) is 0 Å². The van der Waals surface area contributed by atoms with Gasteiger partial charge in [0.2, 0.25) is 21.8 Å². The van der Waals surface area contributed by atoms with Gasteiger partial charge in [-0.2, -0.15) is 8.42 Å². The highest BCUT2D eigenvalue weighted by Crippen LogP contribution is 1.76. The third-order valence-electron chi connectivity index (χ3n) is 2.29. The average Bonchev–Trinajstić information content (AvgIpc) is 2.93. The highest BCUT2D eigenvalue weighted by molar-refractivity contribution is 7.90. The molecule has 0 unspecified atom stereocenters. The van der Waals surface area contributed by atoms with E-state index in [1.54, 1.807) is 28.3 Å². The minimum atomic E-state index is -3.16. The lowest BCUT2D eigenvalue weighted by atomic mass is 10.6.